The van der Waals surface area contributed by atoms with Gasteiger partial charge in [0, 0.05) is 13.1 Å². The predicted molar refractivity (Wildman–Crippen MR) is 84.0 cm³/mol. The van der Waals surface area contributed by atoms with Crippen LogP contribution in [0, 0.1) is 0 Å². The summed E-state index contributed by atoms with van der Waals surface area (Å²) >= 11 is 0. The lowest BCUT2D eigenvalue weighted by molar-refractivity contribution is 0.200. The molecule has 2 aromatic rings. The highest BCUT2D eigenvalue weighted by atomic mass is 16.5. The van der Waals surface area contributed by atoms with Crippen LogP contribution in [0.5, 0.6) is 5.75 Å². The molecule has 1 heterocycles. The highest BCUT2D eigenvalue weighted by molar-refractivity contribution is 5.75. The fraction of sp³-hybridized carbons (Fsp3) is 0.438. The summed E-state index contributed by atoms with van der Waals surface area (Å²) in [6.07, 6.45) is 2.13. The zero-order valence-electron chi connectivity index (χ0n) is 13.4. The molecule has 0 radical (unpaired) electrons. The van der Waals surface area contributed by atoms with Crippen LogP contribution in [0.2, 0.25) is 0 Å². The Kier molecular flexibility index (Phi) is 4.18. The molecule has 1 aromatic carbocycles. The van der Waals surface area contributed by atoms with Gasteiger partial charge in [-0.1, -0.05) is 17.3 Å². The molecule has 1 aromatic heterocycles. The number of benzene rings is 1. The standard InChI is InChI=1S/C16H20N4O3/c1-10(17-16(21)20(2)11-8-9-11)15-18-14(19-23-15)12-6-4-5-7-13(12)22-3/h4-7,10-11H,8-9H2,1-3H3,(H,17,21). The number of amides is 2. The van der Waals surface area contributed by atoms with Crippen LogP contribution in [0.15, 0.2) is 28.8 Å². The van der Waals surface area contributed by atoms with Gasteiger partial charge in [0.25, 0.3) is 0 Å². The van der Waals surface area contributed by atoms with Crippen molar-refractivity contribution < 1.29 is 14.1 Å². The first-order valence-electron chi connectivity index (χ1n) is 7.60. The number of carbonyl (C=O) groups is 1. The van der Waals surface area contributed by atoms with Crippen molar-refractivity contribution in [3.8, 4) is 17.1 Å². The van der Waals surface area contributed by atoms with Crippen molar-refractivity contribution in [2.24, 2.45) is 0 Å². The van der Waals surface area contributed by atoms with E-state index in [1.54, 1.807) is 19.1 Å². The van der Waals surface area contributed by atoms with Crippen molar-refractivity contribution in [2.45, 2.75) is 31.8 Å². The molecule has 1 aliphatic rings. The third-order valence-electron chi connectivity index (χ3n) is 3.91. The lowest BCUT2D eigenvalue weighted by Gasteiger charge is -2.19. The van der Waals surface area contributed by atoms with Gasteiger partial charge < -0.3 is 19.5 Å². The van der Waals surface area contributed by atoms with Gasteiger partial charge in [-0.3, -0.25) is 0 Å². The number of hydrogen-bond donors (Lipinski definition) is 1. The normalized spacial score (nSPS) is 15.1. The summed E-state index contributed by atoms with van der Waals surface area (Å²) in [6, 6.07) is 7.31. The van der Waals surface area contributed by atoms with Crippen molar-refractivity contribution in [2.75, 3.05) is 14.2 Å². The highest BCUT2D eigenvalue weighted by Gasteiger charge is 2.30. The molecule has 3 rings (SSSR count). The number of para-hydroxylation sites is 1. The lowest BCUT2D eigenvalue weighted by Crippen LogP contribution is -2.39. The van der Waals surface area contributed by atoms with Gasteiger partial charge >= 0.3 is 6.03 Å². The van der Waals surface area contributed by atoms with Gasteiger partial charge in [-0.15, -0.1) is 0 Å². The van der Waals surface area contributed by atoms with Gasteiger partial charge in [-0.25, -0.2) is 4.79 Å². The lowest BCUT2D eigenvalue weighted by atomic mass is 10.2. The van der Waals surface area contributed by atoms with Gasteiger partial charge in [-0.2, -0.15) is 4.98 Å². The van der Waals surface area contributed by atoms with E-state index in [1.807, 2.05) is 31.2 Å². The molecule has 1 aliphatic carbocycles. The van der Waals surface area contributed by atoms with Gasteiger partial charge in [0.1, 0.15) is 11.8 Å². The second kappa shape index (κ2) is 6.28. The molecule has 2 amide bonds. The van der Waals surface area contributed by atoms with Crippen LogP contribution in [0.4, 0.5) is 4.79 Å². The average molecular weight is 316 g/mol. The third-order valence-corrected chi connectivity index (χ3v) is 3.91. The maximum atomic E-state index is 12.1. The molecule has 122 valence electrons. The van der Waals surface area contributed by atoms with E-state index >= 15 is 0 Å². The second-order valence-corrected chi connectivity index (χ2v) is 5.67. The summed E-state index contributed by atoms with van der Waals surface area (Å²) in [6.45, 7) is 1.82. The van der Waals surface area contributed by atoms with Crippen LogP contribution in [0.1, 0.15) is 31.7 Å². The van der Waals surface area contributed by atoms with Gasteiger partial charge in [0.15, 0.2) is 0 Å². The first kappa shape index (κ1) is 15.3. The number of aromatic nitrogens is 2. The van der Waals surface area contributed by atoms with Crippen molar-refractivity contribution >= 4 is 6.03 Å². The summed E-state index contributed by atoms with van der Waals surface area (Å²) < 4.78 is 10.6. The Balaban J connectivity index is 1.72. The van der Waals surface area contributed by atoms with Crippen molar-refractivity contribution in [3.63, 3.8) is 0 Å². The van der Waals surface area contributed by atoms with Crippen LogP contribution in [0.3, 0.4) is 0 Å². The molecule has 0 bridgehead atoms. The van der Waals surface area contributed by atoms with Gasteiger partial charge in [0.05, 0.1) is 12.7 Å². The van der Waals surface area contributed by atoms with Crippen molar-refractivity contribution in [3.05, 3.63) is 30.2 Å². The van der Waals surface area contributed by atoms with Crippen molar-refractivity contribution in [1.29, 1.82) is 0 Å². The quantitative estimate of drug-likeness (QED) is 0.917. The fourth-order valence-electron chi connectivity index (χ4n) is 2.33. The summed E-state index contributed by atoms with van der Waals surface area (Å²) in [5.74, 6) is 1.47. The first-order valence-corrected chi connectivity index (χ1v) is 7.60. The SMILES string of the molecule is COc1ccccc1-c1noc(C(C)NC(=O)N(C)C2CC2)n1. The van der Waals surface area contributed by atoms with Crippen LogP contribution >= 0.6 is 0 Å². The van der Waals surface area contributed by atoms with Crippen LogP contribution < -0.4 is 10.1 Å². The summed E-state index contributed by atoms with van der Waals surface area (Å²) in [7, 11) is 3.39. The molecular weight excluding hydrogens is 296 g/mol. The molecular formula is C16H20N4O3. The molecule has 1 atom stereocenters. The smallest absolute Gasteiger partial charge is 0.318 e. The molecule has 0 aliphatic heterocycles. The molecule has 23 heavy (non-hydrogen) atoms. The minimum Gasteiger partial charge on any atom is -0.496 e. The Labute approximate surface area is 134 Å². The Morgan fingerprint density at radius 2 is 2.17 bits per heavy atom. The Morgan fingerprint density at radius 3 is 2.87 bits per heavy atom. The van der Waals surface area contributed by atoms with E-state index in [0.717, 1.165) is 18.4 Å². The Hall–Kier alpha value is -2.57. The van der Waals surface area contributed by atoms with E-state index in [0.29, 0.717) is 23.5 Å². The number of ether oxygens (including phenoxy) is 1. The molecule has 1 fully saturated rings. The van der Waals surface area contributed by atoms with E-state index in [1.165, 1.54) is 0 Å². The average Bonchev–Trinajstić information content (AvgIpc) is 3.30. The maximum Gasteiger partial charge on any atom is 0.318 e. The number of rotatable bonds is 5. The number of nitrogens with zero attached hydrogens (tertiary/aromatic N) is 3. The monoisotopic (exact) mass is 316 g/mol. The van der Waals surface area contributed by atoms with E-state index in [9.17, 15) is 4.79 Å². The van der Waals surface area contributed by atoms with Crippen LogP contribution in [0.25, 0.3) is 11.4 Å². The Morgan fingerprint density at radius 1 is 1.43 bits per heavy atom. The van der Waals surface area contributed by atoms with Crippen LogP contribution in [-0.4, -0.2) is 41.3 Å². The van der Waals surface area contributed by atoms with Gasteiger partial charge in [0.2, 0.25) is 11.7 Å². The number of methoxy groups -OCH3 is 1. The molecule has 0 saturated heterocycles. The minimum atomic E-state index is -0.361. The molecule has 1 saturated carbocycles. The zero-order chi connectivity index (χ0) is 16.4. The number of nitrogens with one attached hydrogen (secondary N) is 1. The number of hydrogen-bond acceptors (Lipinski definition) is 5. The molecule has 7 heteroatoms. The molecule has 1 unspecified atom stereocenters. The topological polar surface area (TPSA) is 80.5 Å². The van der Waals surface area contributed by atoms with Gasteiger partial charge in [-0.05, 0) is 31.9 Å². The summed E-state index contributed by atoms with van der Waals surface area (Å²) in [4.78, 5) is 18.2. The maximum absolute atomic E-state index is 12.1. The summed E-state index contributed by atoms with van der Waals surface area (Å²) in [5.41, 5.74) is 0.749. The zero-order valence-corrected chi connectivity index (χ0v) is 13.4. The van der Waals surface area contributed by atoms with Crippen LogP contribution in [-0.2, 0) is 0 Å². The molecule has 1 N–H and O–H groups in total. The van der Waals surface area contributed by atoms with Crippen molar-refractivity contribution in [1.82, 2.24) is 20.4 Å². The van der Waals surface area contributed by atoms with E-state index < -0.39 is 0 Å². The third kappa shape index (κ3) is 3.28. The largest absolute Gasteiger partial charge is 0.496 e. The van der Waals surface area contributed by atoms with E-state index in [4.69, 9.17) is 9.26 Å². The highest BCUT2D eigenvalue weighted by Crippen LogP contribution is 2.28. The van der Waals surface area contributed by atoms with E-state index in [-0.39, 0.29) is 12.1 Å². The number of urea groups is 1. The summed E-state index contributed by atoms with van der Waals surface area (Å²) in [5, 5.41) is 6.85. The molecule has 7 nitrogen and oxygen atoms in total. The first-order chi connectivity index (χ1) is 11.1. The predicted octanol–water partition coefficient (Wildman–Crippen LogP) is 2.61. The number of carbonyl (C=O) groups excluding carboxylic acids is 1. The minimum absolute atomic E-state index is 0.128. The van der Waals surface area contributed by atoms with E-state index in [2.05, 4.69) is 15.5 Å². The second-order valence-electron chi connectivity index (χ2n) is 5.67. The molecule has 0 spiro atoms. The Bertz CT molecular complexity index is 696. The fourth-order valence-corrected chi connectivity index (χ4v) is 2.33.